The first-order valence-corrected chi connectivity index (χ1v) is 5.39. The first-order valence-electron chi connectivity index (χ1n) is 5.39. The number of hydrogen-bond donors (Lipinski definition) is 1. The van der Waals surface area contributed by atoms with Gasteiger partial charge in [0.25, 0.3) is 0 Å². The molecule has 0 saturated heterocycles. The van der Waals surface area contributed by atoms with Gasteiger partial charge < -0.3 is 15.4 Å². The highest BCUT2D eigenvalue weighted by Crippen LogP contribution is 2.28. The number of rotatable bonds is 5. The van der Waals surface area contributed by atoms with Crippen molar-refractivity contribution in [1.82, 2.24) is 15.1 Å². The molecule has 0 bridgehead atoms. The van der Waals surface area contributed by atoms with Gasteiger partial charge in [0.1, 0.15) is 12.2 Å². The number of carbonyl (C=O) groups is 1. The van der Waals surface area contributed by atoms with Gasteiger partial charge in [-0.2, -0.15) is 4.68 Å². The molecule has 0 aliphatic heterocycles. The molecule has 0 unspecified atom stereocenters. The summed E-state index contributed by atoms with van der Waals surface area (Å²) >= 11 is 0. The molecule has 0 fully saturated rings. The molecule has 0 aromatic carbocycles. The Bertz CT molecular complexity index is 535. The van der Waals surface area contributed by atoms with Crippen molar-refractivity contribution in [3.8, 4) is 0 Å². The third-order valence-corrected chi connectivity index (χ3v) is 2.26. The third-order valence-electron chi connectivity index (χ3n) is 2.26. The zero-order valence-electron chi connectivity index (χ0n) is 10.6. The number of carbonyl (C=O) groups excluding carboxylic acids is 1. The van der Waals surface area contributed by atoms with Crippen LogP contribution in [-0.4, -0.2) is 31.6 Å². The number of aromatic nitrogens is 2. The summed E-state index contributed by atoms with van der Waals surface area (Å²) in [6, 6.07) is -0.103. The summed E-state index contributed by atoms with van der Waals surface area (Å²) in [7, 11) is 0. The fraction of sp³-hybridized carbons (Fsp3) is 0.556. The molecule has 19 heavy (non-hydrogen) atoms. The fourth-order valence-electron chi connectivity index (χ4n) is 1.52. The molecule has 1 aromatic rings. The summed E-state index contributed by atoms with van der Waals surface area (Å²) in [5, 5.41) is 27.5. The maximum atomic E-state index is 11.5. The average molecular weight is 271 g/mol. The van der Waals surface area contributed by atoms with E-state index < -0.39 is 27.3 Å². The lowest BCUT2D eigenvalue weighted by atomic mass is 10.3. The van der Waals surface area contributed by atoms with Crippen LogP contribution in [0.5, 0.6) is 0 Å². The molecule has 0 saturated carbocycles. The number of nitrogens with one attached hydrogen (secondary N) is 1. The predicted molar refractivity (Wildman–Crippen MR) is 63.6 cm³/mol. The number of nitro groups is 2. The lowest BCUT2D eigenvalue weighted by molar-refractivity contribution is -0.424. The second-order valence-electron chi connectivity index (χ2n) is 4.15. The van der Waals surface area contributed by atoms with Crippen LogP contribution in [0.4, 0.5) is 11.5 Å². The maximum absolute atomic E-state index is 11.5. The smallest absolute Gasteiger partial charge is 0.358 e. The highest BCUT2D eigenvalue weighted by Gasteiger charge is 2.35. The van der Waals surface area contributed by atoms with Gasteiger partial charge >= 0.3 is 11.5 Å². The molecular formula is C9H13N5O5. The van der Waals surface area contributed by atoms with Crippen LogP contribution in [-0.2, 0) is 11.3 Å². The number of amides is 1. The minimum atomic E-state index is -0.942. The van der Waals surface area contributed by atoms with Crippen LogP contribution >= 0.6 is 0 Å². The second kappa shape index (κ2) is 5.42. The highest BCUT2D eigenvalue weighted by atomic mass is 16.6. The predicted octanol–water partition coefficient (Wildman–Crippen LogP) is 0.533. The van der Waals surface area contributed by atoms with Crippen molar-refractivity contribution < 1.29 is 14.6 Å². The summed E-state index contributed by atoms with van der Waals surface area (Å²) in [5.74, 6) is -1.29. The van der Waals surface area contributed by atoms with E-state index in [9.17, 15) is 25.0 Å². The van der Waals surface area contributed by atoms with Crippen LogP contribution in [0.15, 0.2) is 0 Å². The van der Waals surface area contributed by atoms with E-state index in [0.29, 0.717) is 0 Å². The van der Waals surface area contributed by atoms with Gasteiger partial charge in [0, 0.05) is 6.04 Å². The first kappa shape index (κ1) is 14.5. The van der Waals surface area contributed by atoms with E-state index in [2.05, 4.69) is 10.4 Å². The van der Waals surface area contributed by atoms with Crippen LogP contribution in [0.3, 0.4) is 0 Å². The Kier molecular flexibility index (Phi) is 4.14. The molecule has 0 aliphatic rings. The van der Waals surface area contributed by atoms with Crippen molar-refractivity contribution in [3.05, 3.63) is 25.9 Å². The van der Waals surface area contributed by atoms with Crippen molar-refractivity contribution in [2.75, 3.05) is 0 Å². The van der Waals surface area contributed by atoms with Crippen molar-refractivity contribution in [2.24, 2.45) is 0 Å². The number of hydrogen-bond acceptors (Lipinski definition) is 6. The van der Waals surface area contributed by atoms with Gasteiger partial charge in [-0.25, -0.2) is 0 Å². The molecule has 10 nitrogen and oxygen atoms in total. The second-order valence-corrected chi connectivity index (χ2v) is 4.15. The van der Waals surface area contributed by atoms with Crippen molar-refractivity contribution >= 4 is 17.4 Å². The lowest BCUT2D eigenvalue weighted by Crippen LogP contribution is -2.33. The summed E-state index contributed by atoms with van der Waals surface area (Å²) in [4.78, 5) is 31.2. The topological polar surface area (TPSA) is 133 Å². The molecule has 1 N–H and O–H groups in total. The molecule has 0 radical (unpaired) electrons. The molecule has 0 aliphatic carbocycles. The van der Waals surface area contributed by atoms with Crippen LogP contribution in [0.2, 0.25) is 0 Å². The maximum Gasteiger partial charge on any atom is 0.468 e. The average Bonchev–Trinajstić information content (AvgIpc) is 2.55. The Morgan fingerprint density at radius 1 is 1.37 bits per heavy atom. The van der Waals surface area contributed by atoms with E-state index in [0.717, 1.165) is 4.68 Å². The molecule has 0 spiro atoms. The molecule has 1 aromatic heterocycles. The van der Waals surface area contributed by atoms with Crippen LogP contribution in [0.25, 0.3) is 0 Å². The van der Waals surface area contributed by atoms with Crippen LogP contribution in [0.1, 0.15) is 19.5 Å². The summed E-state index contributed by atoms with van der Waals surface area (Å²) in [6.45, 7) is 4.50. The van der Waals surface area contributed by atoms with Crippen molar-refractivity contribution in [3.63, 3.8) is 0 Å². The number of nitrogens with zero attached hydrogens (tertiary/aromatic N) is 4. The molecule has 0 atom stereocenters. The van der Waals surface area contributed by atoms with E-state index in [4.69, 9.17) is 0 Å². The van der Waals surface area contributed by atoms with Gasteiger partial charge in [0.2, 0.25) is 5.91 Å². The van der Waals surface area contributed by atoms with E-state index in [1.807, 2.05) is 0 Å². The highest BCUT2D eigenvalue weighted by molar-refractivity contribution is 5.76. The molecule has 104 valence electrons. The van der Waals surface area contributed by atoms with Crippen LogP contribution < -0.4 is 5.32 Å². The third kappa shape index (κ3) is 3.24. The fourth-order valence-corrected chi connectivity index (χ4v) is 1.52. The Hall–Kier alpha value is -2.52. The molecule has 1 rings (SSSR count). The Morgan fingerprint density at radius 3 is 2.32 bits per heavy atom. The lowest BCUT2D eigenvalue weighted by Gasteiger charge is -2.06. The summed E-state index contributed by atoms with van der Waals surface area (Å²) in [5.41, 5.74) is -0.724. The quantitative estimate of drug-likeness (QED) is 0.613. The Morgan fingerprint density at radius 2 is 1.95 bits per heavy atom. The zero-order chi connectivity index (χ0) is 14.7. The molecule has 1 heterocycles. The minimum absolute atomic E-state index is 0.0318. The summed E-state index contributed by atoms with van der Waals surface area (Å²) in [6.07, 6.45) is 0. The van der Waals surface area contributed by atoms with Gasteiger partial charge in [0.05, 0.1) is 10.0 Å². The first-order chi connectivity index (χ1) is 8.73. The van der Waals surface area contributed by atoms with Gasteiger partial charge in [-0.05, 0) is 25.7 Å². The van der Waals surface area contributed by atoms with Crippen LogP contribution in [0, 0.1) is 27.2 Å². The largest absolute Gasteiger partial charge is 0.468 e. The minimum Gasteiger partial charge on any atom is -0.358 e. The zero-order valence-corrected chi connectivity index (χ0v) is 10.6. The Balaban J connectivity index is 3.10. The normalized spacial score (nSPS) is 10.5. The molecule has 10 heteroatoms. The summed E-state index contributed by atoms with van der Waals surface area (Å²) < 4.78 is 0.952. The van der Waals surface area contributed by atoms with Crippen molar-refractivity contribution in [2.45, 2.75) is 33.4 Å². The Labute approximate surface area is 107 Å². The van der Waals surface area contributed by atoms with Gasteiger partial charge in [-0.15, -0.1) is 0 Å². The molecular weight excluding hydrogens is 258 g/mol. The van der Waals surface area contributed by atoms with Gasteiger partial charge in [0.15, 0.2) is 0 Å². The van der Waals surface area contributed by atoms with E-state index >= 15 is 0 Å². The van der Waals surface area contributed by atoms with E-state index in [-0.39, 0.29) is 18.3 Å². The molecule has 1 amide bonds. The van der Waals surface area contributed by atoms with Gasteiger partial charge in [-0.3, -0.25) is 14.9 Å². The standard InChI is InChI=1S/C9H13N5O5/c1-5(2)10-7(15)4-12-6(3)8(13(16)17)9(11-12)14(18)19/h5H,4H2,1-3H3,(H,10,15). The monoisotopic (exact) mass is 271 g/mol. The SMILES string of the molecule is Cc1c([N+](=O)[O-])c([N+](=O)[O-])nn1CC(=O)NC(C)C. The van der Waals surface area contributed by atoms with Gasteiger partial charge in [-0.1, -0.05) is 0 Å². The van der Waals surface area contributed by atoms with E-state index in [1.165, 1.54) is 6.92 Å². The van der Waals surface area contributed by atoms with E-state index in [1.54, 1.807) is 13.8 Å². The van der Waals surface area contributed by atoms with Crippen molar-refractivity contribution in [1.29, 1.82) is 0 Å².